The van der Waals surface area contributed by atoms with E-state index in [1.165, 1.54) is 21.7 Å². The molecular formula is C20H16Cl2FN3O3. The Morgan fingerprint density at radius 2 is 1.93 bits per heavy atom. The van der Waals surface area contributed by atoms with Crippen LogP contribution in [-0.2, 0) is 24.4 Å². The maximum absolute atomic E-state index is 14.2. The zero-order chi connectivity index (χ0) is 19.8. The summed E-state index contributed by atoms with van der Waals surface area (Å²) < 4.78 is 15.7. The molecule has 9 heteroatoms. The number of aromatic nitrogens is 2. The highest BCUT2D eigenvalue weighted by Crippen LogP contribution is 2.26. The number of amides is 1. The number of hydrogen-bond donors (Lipinski definition) is 1. The molecule has 0 bridgehead atoms. The molecule has 150 valence electrons. The summed E-state index contributed by atoms with van der Waals surface area (Å²) in [4.78, 5) is 30.7. The van der Waals surface area contributed by atoms with E-state index >= 15 is 0 Å². The molecule has 0 saturated heterocycles. The third kappa shape index (κ3) is 3.83. The average molecular weight is 436 g/mol. The third-order valence-corrected chi connectivity index (χ3v) is 4.99. The maximum Gasteiger partial charge on any atom is 0.243 e. The van der Waals surface area contributed by atoms with Crippen LogP contribution in [0.15, 0.2) is 53.6 Å². The molecule has 4 rings (SSSR count). The Morgan fingerprint density at radius 1 is 1.14 bits per heavy atom. The van der Waals surface area contributed by atoms with Crippen molar-refractivity contribution in [3.05, 3.63) is 81.1 Å². The summed E-state index contributed by atoms with van der Waals surface area (Å²) in [6, 6.07) is 9.68. The van der Waals surface area contributed by atoms with E-state index in [-0.39, 0.29) is 54.1 Å². The molecule has 1 aromatic carbocycles. The minimum atomic E-state index is -0.588. The molecule has 1 amide bonds. The van der Waals surface area contributed by atoms with Crippen LogP contribution in [0.1, 0.15) is 11.3 Å². The molecule has 3 heterocycles. The predicted molar refractivity (Wildman–Crippen MR) is 109 cm³/mol. The summed E-state index contributed by atoms with van der Waals surface area (Å²) in [6.45, 7) is -0.111. The molecular weight excluding hydrogens is 420 g/mol. The van der Waals surface area contributed by atoms with E-state index in [1.807, 2.05) is 0 Å². The summed E-state index contributed by atoms with van der Waals surface area (Å²) in [6.07, 6.45) is 3.07. The van der Waals surface area contributed by atoms with Gasteiger partial charge in [0, 0.05) is 24.5 Å². The van der Waals surface area contributed by atoms with Gasteiger partial charge in [-0.1, -0.05) is 29.8 Å². The Bertz CT molecular complexity index is 1140. The van der Waals surface area contributed by atoms with Gasteiger partial charge in [-0.2, -0.15) is 0 Å². The van der Waals surface area contributed by atoms with Gasteiger partial charge >= 0.3 is 0 Å². The van der Waals surface area contributed by atoms with Gasteiger partial charge in [-0.25, -0.2) is 4.39 Å². The molecule has 6 nitrogen and oxygen atoms in total. The molecule has 2 aromatic heterocycles. The van der Waals surface area contributed by atoms with Gasteiger partial charge in [-0.3, -0.25) is 14.6 Å². The normalized spacial score (nSPS) is 13.0. The Labute approximate surface area is 176 Å². The monoisotopic (exact) mass is 435 g/mol. The van der Waals surface area contributed by atoms with Crippen molar-refractivity contribution in [2.45, 2.75) is 19.6 Å². The minimum absolute atomic E-state index is 0. The van der Waals surface area contributed by atoms with Crippen LogP contribution in [0, 0.1) is 5.82 Å². The van der Waals surface area contributed by atoms with Crippen molar-refractivity contribution < 1.29 is 14.3 Å². The average Bonchev–Trinajstić information content (AvgIpc) is 2.70. The molecule has 1 aliphatic rings. The van der Waals surface area contributed by atoms with Crippen molar-refractivity contribution in [3.8, 4) is 17.0 Å². The molecule has 0 atom stereocenters. The van der Waals surface area contributed by atoms with Crippen LogP contribution in [0.5, 0.6) is 5.75 Å². The first kappa shape index (κ1) is 20.8. The van der Waals surface area contributed by atoms with Crippen molar-refractivity contribution in [2.24, 2.45) is 0 Å². The second kappa shape index (κ2) is 8.23. The summed E-state index contributed by atoms with van der Waals surface area (Å²) >= 11 is 5.80. The summed E-state index contributed by atoms with van der Waals surface area (Å²) in [5, 5.41) is 10.4. The number of benzene rings is 1. The first-order valence-corrected chi connectivity index (χ1v) is 8.91. The van der Waals surface area contributed by atoms with Crippen LogP contribution in [-0.4, -0.2) is 25.5 Å². The first-order chi connectivity index (χ1) is 13.5. The fourth-order valence-electron chi connectivity index (χ4n) is 3.23. The summed E-state index contributed by atoms with van der Waals surface area (Å²) in [5.41, 5.74) is 0.624. The number of rotatable bonds is 3. The van der Waals surface area contributed by atoms with Crippen LogP contribution >= 0.6 is 24.0 Å². The minimum Gasteiger partial charge on any atom is -0.503 e. The lowest BCUT2D eigenvalue weighted by Gasteiger charge is -2.31. The smallest absolute Gasteiger partial charge is 0.243 e. The first-order valence-electron chi connectivity index (χ1n) is 8.53. The number of carbonyl (C=O) groups is 1. The van der Waals surface area contributed by atoms with Gasteiger partial charge in [0.1, 0.15) is 12.4 Å². The van der Waals surface area contributed by atoms with Crippen molar-refractivity contribution in [3.63, 3.8) is 0 Å². The van der Waals surface area contributed by atoms with E-state index in [0.29, 0.717) is 11.4 Å². The third-order valence-electron chi connectivity index (χ3n) is 4.70. The topological polar surface area (TPSA) is 75.4 Å². The maximum atomic E-state index is 14.2. The lowest BCUT2D eigenvalue weighted by molar-refractivity contribution is -0.134. The van der Waals surface area contributed by atoms with Gasteiger partial charge in [0.15, 0.2) is 5.75 Å². The van der Waals surface area contributed by atoms with E-state index in [9.17, 15) is 19.1 Å². The van der Waals surface area contributed by atoms with Gasteiger partial charge in [0.05, 0.1) is 28.5 Å². The van der Waals surface area contributed by atoms with Crippen LogP contribution in [0.3, 0.4) is 0 Å². The van der Waals surface area contributed by atoms with Gasteiger partial charge in [0.25, 0.3) is 0 Å². The SMILES string of the molecule is Cl.O=C1Cn2cc(-c3ccccn3)c(=O)c(O)c2CN1Cc1cccc(Cl)c1F. The molecule has 29 heavy (non-hydrogen) atoms. The van der Waals surface area contributed by atoms with Crippen LogP contribution in [0.4, 0.5) is 4.39 Å². The van der Waals surface area contributed by atoms with Crippen LogP contribution in [0.2, 0.25) is 5.02 Å². The Kier molecular flexibility index (Phi) is 5.91. The largest absolute Gasteiger partial charge is 0.503 e. The lowest BCUT2D eigenvalue weighted by atomic mass is 10.1. The summed E-state index contributed by atoms with van der Waals surface area (Å²) in [5.74, 6) is -1.29. The van der Waals surface area contributed by atoms with Gasteiger partial charge in [0.2, 0.25) is 11.3 Å². The number of pyridine rings is 2. The second-order valence-corrected chi connectivity index (χ2v) is 6.88. The van der Waals surface area contributed by atoms with Crippen LogP contribution < -0.4 is 5.43 Å². The highest BCUT2D eigenvalue weighted by atomic mass is 35.5. The number of aromatic hydroxyl groups is 1. The number of hydrogen-bond acceptors (Lipinski definition) is 4. The molecule has 0 spiro atoms. The van der Waals surface area contributed by atoms with Gasteiger partial charge in [-0.05, 0) is 18.2 Å². The van der Waals surface area contributed by atoms with Gasteiger partial charge < -0.3 is 14.6 Å². The Hall–Kier alpha value is -2.90. The fraction of sp³-hybridized carbons (Fsp3) is 0.150. The standard InChI is InChI=1S/C20H15ClFN3O3.ClH/c21-14-5-3-4-12(18(14)22)8-25-10-16-20(28)19(27)13(9-24(16)11-17(25)26)15-6-1-2-7-23-15;/h1-7,9,28H,8,10-11H2;1H. The van der Waals surface area contributed by atoms with Crippen LogP contribution in [0.25, 0.3) is 11.3 Å². The van der Waals surface area contributed by atoms with E-state index < -0.39 is 17.0 Å². The molecule has 3 aromatic rings. The van der Waals surface area contributed by atoms with Crippen molar-refractivity contribution in [1.82, 2.24) is 14.5 Å². The Balaban J connectivity index is 0.00000240. The van der Waals surface area contributed by atoms with Crippen molar-refractivity contribution in [1.29, 1.82) is 0 Å². The molecule has 0 saturated carbocycles. The zero-order valence-corrected chi connectivity index (χ0v) is 16.6. The fourth-order valence-corrected chi connectivity index (χ4v) is 3.43. The second-order valence-electron chi connectivity index (χ2n) is 6.47. The zero-order valence-electron chi connectivity index (χ0n) is 15.0. The highest BCUT2D eigenvalue weighted by molar-refractivity contribution is 6.30. The van der Waals surface area contributed by atoms with Gasteiger partial charge in [-0.15, -0.1) is 12.4 Å². The summed E-state index contributed by atoms with van der Waals surface area (Å²) in [7, 11) is 0. The number of carbonyl (C=O) groups excluding carboxylic acids is 1. The molecule has 1 N–H and O–H groups in total. The number of nitrogens with zero attached hydrogens (tertiary/aromatic N) is 3. The molecule has 0 radical (unpaired) electrons. The van der Waals surface area contributed by atoms with Crippen molar-refractivity contribution in [2.75, 3.05) is 0 Å². The molecule has 0 unspecified atom stereocenters. The van der Waals surface area contributed by atoms with E-state index in [4.69, 9.17) is 11.6 Å². The molecule has 1 aliphatic heterocycles. The van der Waals surface area contributed by atoms with E-state index in [0.717, 1.165) is 0 Å². The quantitative estimate of drug-likeness (QED) is 0.683. The molecule has 0 aliphatic carbocycles. The number of halogens is 3. The van der Waals surface area contributed by atoms with Crippen molar-refractivity contribution >= 4 is 29.9 Å². The Morgan fingerprint density at radius 3 is 2.66 bits per heavy atom. The van der Waals surface area contributed by atoms with E-state index in [1.54, 1.807) is 36.5 Å². The number of fused-ring (bicyclic) bond motifs is 1. The highest BCUT2D eigenvalue weighted by Gasteiger charge is 2.28. The van der Waals surface area contributed by atoms with E-state index in [2.05, 4.69) is 4.98 Å². The lowest BCUT2D eigenvalue weighted by Crippen LogP contribution is -2.40. The predicted octanol–water partition coefficient (Wildman–Crippen LogP) is 3.37. The molecule has 0 fully saturated rings.